The van der Waals surface area contributed by atoms with Gasteiger partial charge in [-0.15, -0.1) is 0 Å². The summed E-state index contributed by atoms with van der Waals surface area (Å²) in [4.78, 5) is 47.9. The van der Waals surface area contributed by atoms with E-state index in [1.807, 2.05) is 36.4 Å². The lowest BCUT2D eigenvalue weighted by Crippen LogP contribution is -2.55. The van der Waals surface area contributed by atoms with Gasteiger partial charge in [0.15, 0.2) is 0 Å². The zero-order valence-electron chi connectivity index (χ0n) is 18.8. The normalized spacial score (nSPS) is 13.3. The van der Waals surface area contributed by atoms with Crippen LogP contribution in [0.3, 0.4) is 0 Å². The molecule has 0 fully saturated rings. The highest BCUT2D eigenvalue weighted by atomic mass is 16.4. The largest absolute Gasteiger partial charge is 0.481 e. The number of nitrogens with zero attached hydrogens (tertiary/aromatic N) is 1. The number of nitriles is 1. The highest BCUT2D eigenvalue weighted by Crippen LogP contribution is 2.07. The van der Waals surface area contributed by atoms with Crippen molar-refractivity contribution in [1.29, 1.82) is 5.26 Å². The number of hydrogen-bond acceptors (Lipinski definition) is 5. The van der Waals surface area contributed by atoms with Crippen molar-refractivity contribution in [2.24, 2.45) is 5.92 Å². The van der Waals surface area contributed by atoms with Crippen molar-refractivity contribution in [2.75, 3.05) is 0 Å². The molecule has 0 bridgehead atoms. The zero-order valence-corrected chi connectivity index (χ0v) is 18.8. The monoisotopic (exact) mass is 444 g/mol. The first kappa shape index (κ1) is 26.6. The van der Waals surface area contributed by atoms with E-state index in [-0.39, 0.29) is 31.1 Å². The second kappa shape index (κ2) is 13.8. The molecule has 0 spiro atoms. The number of nitrogens with one attached hydrogen (secondary N) is 3. The molecule has 0 radical (unpaired) electrons. The summed E-state index contributed by atoms with van der Waals surface area (Å²) in [7, 11) is 0. The number of carbonyl (C=O) groups is 4. The Bertz CT molecular complexity index is 819. The van der Waals surface area contributed by atoms with E-state index >= 15 is 0 Å². The predicted octanol–water partition coefficient (Wildman–Crippen LogP) is 1.53. The molecule has 3 atom stereocenters. The van der Waals surface area contributed by atoms with Crippen molar-refractivity contribution in [3.63, 3.8) is 0 Å². The fourth-order valence-corrected chi connectivity index (χ4v) is 2.98. The third kappa shape index (κ3) is 10.1. The SMILES string of the molecule is CC(C)[C@H](NC(=O)CCCc1ccccc1)C(=O)N[C@@H](C)C(=O)N[C@H](C#N)CCC(=O)O. The smallest absolute Gasteiger partial charge is 0.303 e. The van der Waals surface area contributed by atoms with Crippen molar-refractivity contribution in [1.82, 2.24) is 16.0 Å². The third-order valence-electron chi connectivity index (χ3n) is 4.85. The summed E-state index contributed by atoms with van der Waals surface area (Å²) in [5.74, 6) is -2.62. The molecule has 9 heteroatoms. The van der Waals surface area contributed by atoms with E-state index < -0.39 is 35.9 Å². The summed E-state index contributed by atoms with van der Waals surface area (Å²) < 4.78 is 0. The van der Waals surface area contributed by atoms with E-state index in [1.54, 1.807) is 13.8 Å². The van der Waals surface area contributed by atoms with Crippen LogP contribution in [0, 0.1) is 17.2 Å². The first-order chi connectivity index (χ1) is 15.1. The molecular formula is C23H32N4O5. The van der Waals surface area contributed by atoms with Crippen LogP contribution in [-0.2, 0) is 25.6 Å². The number of carboxylic acid groups (broad SMARTS) is 1. The van der Waals surface area contributed by atoms with Crippen LogP contribution in [-0.4, -0.2) is 46.9 Å². The molecule has 9 nitrogen and oxygen atoms in total. The van der Waals surface area contributed by atoms with Crippen molar-refractivity contribution >= 4 is 23.7 Å². The number of benzene rings is 1. The van der Waals surface area contributed by atoms with Gasteiger partial charge in [0.05, 0.1) is 6.07 Å². The molecule has 0 saturated heterocycles. The van der Waals surface area contributed by atoms with Gasteiger partial charge in [-0.05, 0) is 37.7 Å². The maximum atomic E-state index is 12.7. The molecule has 0 aliphatic rings. The minimum Gasteiger partial charge on any atom is -0.481 e. The standard InChI is InChI=1S/C23H32N4O5/c1-15(2)21(27-19(28)11-7-10-17-8-5-4-6-9-17)23(32)25-16(3)22(31)26-18(14-24)12-13-20(29)30/h4-6,8-9,15-16,18,21H,7,10-13H2,1-3H3,(H,25,32)(H,26,31)(H,27,28)(H,29,30)/t16-,18-,21-/m0/s1. The molecule has 1 aromatic carbocycles. The molecule has 174 valence electrons. The summed E-state index contributed by atoms with van der Waals surface area (Å²) in [6.45, 7) is 5.03. The van der Waals surface area contributed by atoms with Gasteiger partial charge in [-0.1, -0.05) is 44.2 Å². The van der Waals surface area contributed by atoms with E-state index in [0.717, 1.165) is 12.0 Å². The Morgan fingerprint density at radius 1 is 0.969 bits per heavy atom. The van der Waals surface area contributed by atoms with Crippen LogP contribution < -0.4 is 16.0 Å². The fourth-order valence-electron chi connectivity index (χ4n) is 2.98. The third-order valence-corrected chi connectivity index (χ3v) is 4.85. The van der Waals surface area contributed by atoms with Gasteiger partial charge in [0.2, 0.25) is 17.7 Å². The fraction of sp³-hybridized carbons (Fsp3) is 0.522. The first-order valence-corrected chi connectivity index (χ1v) is 10.7. The Kier molecular flexibility index (Phi) is 11.5. The van der Waals surface area contributed by atoms with Gasteiger partial charge in [0.1, 0.15) is 18.1 Å². The summed E-state index contributed by atoms with van der Waals surface area (Å²) in [6.07, 6.45) is 1.38. The molecule has 0 saturated carbocycles. The van der Waals surface area contributed by atoms with Gasteiger partial charge in [0.25, 0.3) is 0 Å². The molecular weight excluding hydrogens is 412 g/mol. The molecule has 0 unspecified atom stereocenters. The highest BCUT2D eigenvalue weighted by molar-refractivity contribution is 5.92. The number of hydrogen-bond donors (Lipinski definition) is 4. The quantitative estimate of drug-likeness (QED) is 0.363. The lowest BCUT2D eigenvalue weighted by Gasteiger charge is -2.24. The average Bonchev–Trinajstić information content (AvgIpc) is 2.74. The second-order valence-corrected chi connectivity index (χ2v) is 7.98. The molecule has 0 aliphatic heterocycles. The molecule has 3 amide bonds. The van der Waals surface area contributed by atoms with Crippen molar-refractivity contribution in [2.45, 2.75) is 71.0 Å². The average molecular weight is 445 g/mol. The van der Waals surface area contributed by atoms with Crippen LogP contribution in [0.2, 0.25) is 0 Å². The number of carboxylic acids is 1. The second-order valence-electron chi connectivity index (χ2n) is 7.98. The zero-order chi connectivity index (χ0) is 24.1. The number of carbonyl (C=O) groups excluding carboxylic acids is 3. The van der Waals surface area contributed by atoms with Gasteiger partial charge in [-0.25, -0.2) is 0 Å². The molecule has 0 aliphatic carbocycles. The van der Waals surface area contributed by atoms with Crippen LogP contribution in [0.25, 0.3) is 0 Å². The summed E-state index contributed by atoms with van der Waals surface area (Å²) in [5, 5.41) is 25.5. The Morgan fingerprint density at radius 3 is 2.19 bits per heavy atom. The number of rotatable bonds is 13. The van der Waals surface area contributed by atoms with Crippen molar-refractivity contribution in [3.05, 3.63) is 35.9 Å². The Hall–Kier alpha value is -3.41. The Morgan fingerprint density at radius 2 is 1.62 bits per heavy atom. The minimum absolute atomic E-state index is 0.0358. The van der Waals surface area contributed by atoms with Crippen LogP contribution in [0.4, 0.5) is 0 Å². The summed E-state index contributed by atoms with van der Waals surface area (Å²) >= 11 is 0. The Balaban J connectivity index is 2.54. The van der Waals surface area contributed by atoms with Crippen LogP contribution >= 0.6 is 0 Å². The van der Waals surface area contributed by atoms with Crippen molar-refractivity contribution < 1.29 is 24.3 Å². The van der Waals surface area contributed by atoms with Gasteiger partial charge >= 0.3 is 5.97 Å². The topological polar surface area (TPSA) is 148 Å². The number of aliphatic carboxylic acids is 1. The number of aryl methyl sites for hydroxylation is 1. The molecule has 32 heavy (non-hydrogen) atoms. The van der Waals surface area contributed by atoms with Crippen LogP contribution in [0.15, 0.2) is 30.3 Å². The Labute approximate surface area is 188 Å². The van der Waals surface area contributed by atoms with Crippen LogP contribution in [0.5, 0.6) is 0 Å². The summed E-state index contributed by atoms with van der Waals surface area (Å²) in [5.41, 5.74) is 1.14. The molecule has 0 heterocycles. The predicted molar refractivity (Wildman–Crippen MR) is 118 cm³/mol. The first-order valence-electron chi connectivity index (χ1n) is 10.7. The van der Waals surface area contributed by atoms with Crippen LogP contribution in [0.1, 0.15) is 52.0 Å². The maximum Gasteiger partial charge on any atom is 0.303 e. The molecule has 1 aromatic rings. The van der Waals surface area contributed by atoms with Gasteiger partial charge in [-0.3, -0.25) is 19.2 Å². The van der Waals surface area contributed by atoms with E-state index in [2.05, 4.69) is 16.0 Å². The summed E-state index contributed by atoms with van der Waals surface area (Å²) in [6, 6.07) is 8.89. The molecule has 4 N–H and O–H groups in total. The van der Waals surface area contributed by atoms with Gasteiger partial charge in [-0.2, -0.15) is 5.26 Å². The van der Waals surface area contributed by atoms with E-state index in [9.17, 15) is 19.2 Å². The van der Waals surface area contributed by atoms with Crippen molar-refractivity contribution in [3.8, 4) is 6.07 Å². The lowest BCUT2D eigenvalue weighted by atomic mass is 10.0. The van der Waals surface area contributed by atoms with Gasteiger partial charge < -0.3 is 21.1 Å². The van der Waals surface area contributed by atoms with E-state index in [4.69, 9.17) is 10.4 Å². The lowest BCUT2D eigenvalue weighted by molar-refractivity contribution is -0.137. The van der Waals surface area contributed by atoms with E-state index in [1.165, 1.54) is 6.92 Å². The van der Waals surface area contributed by atoms with E-state index in [0.29, 0.717) is 6.42 Å². The molecule has 0 aromatic heterocycles. The maximum absolute atomic E-state index is 12.7. The number of amides is 3. The molecule has 1 rings (SSSR count). The highest BCUT2D eigenvalue weighted by Gasteiger charge is 2.27. The minimum atomic E-state index is -1.07. The van der Waals surface area contributed by atoms with Gasteiger partial charge in [0, 0.05) is 12.8 Å².